The van der Waals surface area contributed by atoms with Crippen molar-refractivity contribution in [1.29, 1.82) is 0 Å². The van der Waals surface area contributed by atoms with E-state index in [4.69, 9.17) is 0 Å². The summed E-state index contributed by atoms with van der Waals surface area (Å²) < 4.78 is 0. The molecule has 0 heterocycles. The summed E-state index contributed by atoms with van der Waals surface area (Å²) in [7, 11) is 0. The molecule has 0 aromatic heterocycles. The first kappa shape index (κ1) is 20.9. The Labute approximate surface area is 169 Å². The largest absolute Gasteiger partial charge is 0.480 e. The van der Waals surface area contributed by atoms with E-state index in [-0.39, 0.29) is 17.2 Å². The molecule has 154 valence electrons. The summed E-state index contributed by atoms with van der Waals surface area (Å²) in [6.45, 7) is 10.6. The molecule has 2 aliphatic rings. The molecule has 1 aromatic rings. The van der Waals surface area contributed by atoms with E-state index >= 15 is 0 Å². The van der Waals surface area contributed by atoms with Gasteiger partial charge in [0.1, 0.15) is 6.04 Å². The lowest BCUT2D eigenvalue weighted by Crippen LogP contribution is -2.57. The van der Waals surface area contributed by atoms with Gasteiger partial charge in [-0.05, 0) is 66.0 Å². The van der Waals surface area contributed by atoms with Crippen LogP contribution < -0.4 is 5.32 Å². The van der Waals surface area contributed by atoms with Crippen LogP contribution in [0.3, 0.4) is 0 Å². The van der Waals surface area contributed by atoms with Crippen molar-refractivity contribution >= 4 is 11.9 Å². The molecule has 0 unspecified atom stereocenters. The lowest BCUT2D eigenvalue weighted by atomic mass is 9.49. The molecule has 0 spiro atoms. The van der Waals surface area contributed by atoms with Crippen LogP contribution >= 0.6 is 0 Å². The van der Waals surface area contributed by atoms with Gasteiger partial charge in [0.05, 0.1) is 5.41 Å². The normalized spacial score (nSPS) is 30.3. The van der Waals surface area contributed by atoms with Crippen LogP contribution in [0.2, 0.25) is 0 Å². The number of hydrogen-bond donors (Lipinski definition) is 2. The quantitative estimate of drug-likeness (QED) is 0.765. The highest BCUT2D eigenvalue weighted by molar-refractivity contribution is 5.87. The van der Waals surface area contributed by atoms with E-state index in [1.165, 1.54) is 16.7 Å². The predicted molar refractivity (Wildman–Crippen MR) is 112 cm³/mol. The topological polar surface area (TPSA) is 66.4 Å². The smallest absolute Gasteiger partial charge is 0.326 e. The fraction of sp³-hybridized carbons (Fsp3) is 0.667. The van der Waals surface area contributed by atoms with Gasteiger partial charge >= 0.3 is 5.97 Å². The second-order valence-electron chi connectivity index (χ2n) is 9.62. The molecule has 2 N–H and O–H groups in total. The van der Waals surface area contributed by atoms with Crippen molar-refractivity contribution in [2.75, 3.05) is 0 Å². The average molecular weight is 386 g/mol. The molecule has 1 amide bonds. The Balaban J connectivity index is 1.94. The van der Waals surface area contributed by atoms with Crippen LogP contribution in [0.5, 0.6) is 0 Å². The minimum absolute atomic E-state index is 0.0294. The van der Waals surface area contributed by atoms with Gasteiger partial charge in [-0.15, -0.1) is 0 Å². The fourth-order valence-corrected chi connectivity index (χ4v) is 5.80. The van der Waals surface area contributed by atoms with Gasteiger partial charge in [0.2, 0.25) is 5.91 Å². The van der Waals surface area contributed by atoms with Crippen LogP contribution in [0.15, 0.2) is 18.2 Å². The zero-order chi connectivity index (χ0) is 20.7. The molecule has 0 aliphatic heterocycles. The van der Waals surface area contributed by atoms with Gasteiger partial charge in [-0.1, -0.05) is 59.2 Å². The third-order valence-electron chi connectivity index (χ3n) is 7.57. The number of aryl methyl sites for hydroxylation is 1. The van der Waals surface area contributed by atoms with Gasteiger partial charge in [-0.2, -0.15) is 0 Å². The van der Waals surface area contributed by atoms with Crippen molar-refractivity contribution in [3.05, 3.63) is 34.9 Å². The van der Waals surface area contributed by atoms with Crippen LogP contribution in [-0.4, -0.2) is 23.0 Å². The highest BCUT2D eigenvalue weighted by Crippen LogP contribution is 2.57. The zero-order valence-electron chi connectivity index (χ0n) is 18.0. The third-order valence-corrected chi connectivity index (χ3v) is 7.57. The maximum absolute atomic E-state index is 13.3. The van der Waals surface area contributed by atoms with Gasteiger partial charge in [-0.3, -0.25) is 4.79 Å². The SMILES string of the molecule is CC[C@H](NC(=O)[C@]1(C)CCC[C@]2(C)c3ccc(C(C)C)cc3CC[C@@H]12)C(=O)O. The highest BCUT2D eigenvalue weighted by atomic mass is 16.4. The molecule has 28 heavy (non-hydrogen) atoms. The fourth-order valence-electron chi connectivity index (χ4n) is 5.80. The van der Waals surface area contributed by atoms with Crippen molar-refractivity contribution in [3.63, 3.8) is 0 Å². The highest BCUT2D eigenvalue weighted by Gasteiger charge is 2.55. The molecular weight excluding hydrogens is 350 g/mol. The predicted octanol–water partition coefficient (Wildman–Crippen LogP) is 4.80. The lowest BCUT2D eigenvalue weighted by molar-refractivity contribution is -0.147. The Morgan fingerprint density at radius 2 is 1.96 bits per heavy atom. The Hall–Kier alpha value is -1.84. The molecule has 3 rings (SSSR count). The van der Waals surface area contributed by atoms with E-state index < -0.39 is 17.4 Å². The van der Waals surface area contributed by atoms with Crippen LogP contribution in [0.1, 0.15) is 89.3 Å². The van der Waals surface area contributed by atoms with Gasteiger partial charge in [0.15, 0.2) is 0 Å². The molecule has 1 aromatic carbocycles. The molecule has 1 saturated carbocycles. The van der Waals surface area contributed by atoms with Gasteiger partial charge in [0, 0.05) is 0 Å². The van der Waals surface area contributed by atoms with Crippen LogP contribution in [0, 0.1) is 11.3 Å². The molecule has 1 fully saturated rings. The Kier molecular flexibility index (Phi) is 5.62. The number of rotatable bonds is 5. The number of aliphatic carboxylic acids is 1. The standard InChI is InChI=1S/C24H35NO3/c1-6-19(21(26)27)25-22(28)24(5)13-7-12-23(4)18-10-8-16(15(2)3)14-17(18)9-11-20(23)24/h8,10,14-15,19-20H,6-7,9,11-13H2,1-5H3,(H,25,28)(H,26,27)/t19-,20+,23+,24+/m0/s1. The number of carboxylic acids is 1. The molecule has 2 aliphatic carbocycles. The van der Waals surface area contributed by atoms with Crippen LogP contribution in [0.4, 0.5) is 0 Å². The number of nitrogens with one attached hydrogen (secondary N) is 1. The second-order valence-corrected chi connectivity index (χ2v) is 9.62. The first-order valence-electron chi connectivity index (χ1n) is 10.8. The molecule has 0 saturated heterocycles. The van der Waals surface area contributed by atoms with E-state index in [9.17, 15) is 14.7 Å². The minimum Gasteiger partial charge on any atom is -0.480 e. The van der Waals surface area contributed by atoms with Gasteiger partial charge in [0.25, 0.3) is 0 Å². The van der Waals surface area contributed by atoms with Crippen LogP contribution in [-0.2, 0) is 21.4 Å². The summed E-state index contributed by atoms with van der Waals surface area (Å²) in [6, 6.07) is 6.11. The molecule has 0 radical (unpaired) electrons. The molecule has 4 nitrogen and oxygen atoms in total. The number of carboxylic acid groups (broad SMARTS) is 1. The molecule has 0 bridgehead atoms. The average Bonchev–Trinajstić information content (AvgIpc) is 2.64. The Morgan fingerprint density at radius 3 is 2.57 bits per heavy atom. The zero-order valence-corrected chi connectivity index (χ0v) is 18.0. The number of amides is 1. The second kappa shape index (κ2) is 7.53. The maximum Gasteiger partial charge on any atom is 0.326 e. The summed E-state index contributed by atoms with van der Waals surface area (Å²) in [5, 5.41) is 12.2. The van der Waals surface area contributed by atoms with Gasteiger partial charge < -0.3 is 10.4 Å². The van der Waals surface area contributed by atoms with Gasteiger partial charge in [-0.25, -0.2) is 4.79 Å². The number of hydrogen-bond acceptors (Lipinski definition) is 2. The summed E-state index contributed by atoms with van der Waals surface area (Å²) in [5.74, 6) is -0.286. The minimum atomic E-state index is -0.951. The number of carbonyl (C=O) groups excluding carboxylic acids is 1. The molecular formula is C24H35NO3. The first-order valence-corrected chi connectivity index (χ1v) is 10.8. The third kappa shape index (κ3) is 3.35. The Morgan fingerprint density at radius 1 is 1.25 bits per heavy atom. The van der Waals surface area contributed by atoms with E-state index in [0.29, 0.717) is 12.3 Å². The van der Waals surface area contributed by atoms with Crippen molar-refractivity contribution in [3.8, 4) is 0 Å². The van der Waals surface area contributed by atoms with Crippen LogP contribution in [0.25, 0.3) is 0 Å². The van der Waals surface area contributed by atoms with E-state index in [1.807, 2.05) is 0 Å². The van der Waals surface area contributed by atoms with E-state index in [1.54, 1.807) is 6.92 Å². The van der Waals surface area contributed by atoms with Crippen molar-refractivity contribution in [1.82, 2.24) is 5.32 Å². The van der Waals surface area contributed by atoms with Crippen molar-refractivity contribution in [2.45, 2.75) is 90.5 Å². The monoisotopic (exact) mass is 385 g/mol. The maximum atomic E-state index is 13.3. The lowest BCUT2D eigenvalue weighted by Gasteiger charge is -2.54. The summed E-state index contributed by atoms with van der Waals surface area (Å²) in [5.41, 5.74) is 3.66. The summed E-state index contributed by atoms with van der Waals surface area (Å²) in [4.78, 5) is 24.7. The molecule has 4 atom stereocenters. The number of carbonyl (C=O) groups is 2. The first-order chi connectivity index (χ1) is 13.1. The van der Waals surface area contributed by atoms with E-state index in [0.717, 1.165) is 32.1 Å². The van der Waals surface area contributed by atoms with Crippen molar-refractivity contribution in [2.24, 2.45) is 11.3 Å². The number of benzene rings is 1. The Bertz CT molecular complexity index is 771. The molecule has 4 heteroatoms. The summed E-state index contributed by atoms with van der Waals surface area (Å²) in [6.07, 6.45) is 5.29. The van der Waals surface area contributed by atoms with Crippen molar-refractivity contribution < 1.29 is 14.7 Å². The number of fused-ring (bicyclic) bond motifs is 3. The van der Waals surface area contributed by atoms with E-state index in [2.05, 4.69) is 51.2 Å². The summed E-state index contributed by atoms with van der Waals surface area (Å²) >= 11 is 0.